The molecule has 0 aliphatic heterocycles. The van der Waals surface area contributed by atoms with E-state index in [0.29, 0.717) is 12.0 Å². The molecule has 4 nitrogen and oxygen atoms in total. The number of ether oxygens (including phenoxy) is 1. The predicted molar refractivity (Wildman–Crippen MR) is 81.1 cm³/mol. The Bertz CT molecular complexity index is 578. The van der Waals surface area contributed by atoms with Crippen LogP contribution >= 0.6 is 8.46 Å². The van der Waals surface area contributed by atoms with E-state index in [1.54, 1.807) is 6.20 Å². The maximum atomic E-state index is 10.8. The van der Waals surface area contributed by atoms with Crippen LogP contribution in [0.2, 0.25) is 25.7 Å². The first-order chi connectivity index (χ1) is 8.99. The van der Waals surface area contributed by atoms with Crippen LogP contribution < -0.4 is 5.30 Å². The first-order valence-corrected chi connectivity index (χ1v) is 10.9. The second kappa shape index (κ2) is 5.95. The van der Waals surface area contributed by atoms with Gasteiger partial charge in [-0.2, -0.15) is 0 Å². The Morgan fingerprint density at radius 1 is 1.42 bits per heavy atom. The number of fused-ring (bicyclic) bond motifs is 1. The molecule has 0 aliphatic carbocycles. The van der Waals surface area contributed by atoms with Gasteiger partial charge in [0.15, 0.2) is 8.46 Å². The molecule has 6 heteroatoms. The molecule has 0 unspecified atom stereocenters. The lowest BCUT2D eigenvalue weighted by Gasteiger charge is -2.15. The van der Waals surface area contributed by atoms with Crippen molar-refractivity contribution in [2.75, 3.05) is 6.61 Å². The SMILES string of the molecule is C[Si](C)(C)CCOCn1ccc2cc(P=O)cnc21. The molecule has 2 aromatic rings. The van der Waals surface area contributed by atoms with Crippen molar-refractivity contribution in [1.29, 1.82) is 0 Å². The molecule has 0 saturated carbocycles. The summed E-state index contributed by atoms with van der Waals surface area (Å²) in [5, 5.41) is 1.69. The molecular weight excluding hydrogens is 275 g/mol. The van der Waals surface area contributed by atoms with E-state index in [9.17, 15) is 4.57 Å². The lowest BCUT2D eigenvalue weighted by molar-refractivity contribution is 0.0899. The molecule has 0 bridgehead atoms. The van der Waals surface area contributed by atoms with Crippen molar-refractivity contribution in [1.82, 2.24) is 9.55 Å². The molecule has 2 rings (SSSR count). The van der Waals surface area contributed by atoms with Gasteiger partial charge in [-0.15, -0.1) is 0 Å². The molecule has 0 radical (unpaired) electrons. The molecule has 0 saturated heterocycles. The summed E-state index contributed by atoms with van der Waals surface area (Å²) in [6, 6.07) is 5.02. The highest BCUT2D eigenvalue weighted by Gasteiger charge is 2.12. The highest BCUT2D eigenvalue weighted by molar-refractivity contribution is 7.34. The molecule has 19 heavy (non-hydrogen) atoms. The van der Waals surface area contributed by atoms with E-state index in [0.717, 1.165) is 17.6 Å². The van der Waals surface area contributed by atoms with E-state index >= 15 is 0 Å². The minimum absolute atomic E-state index is 0.00863. The summed E-state index contributed by atoms with van der Waals surface area (Å²) in [5.74, 6) is 0. The van der Waals surface area contributed by atoms with E-state index in [2.05, 4.69) is 24.6 Å². The summed E-state index contributed by atoms with van der Waals surface area (Å²) >= 11 is 0. The first-order valence-electron chi connectivity index (χ1n) is 6.35. The van der Waals surface area contributed by atoms with E-state index in [1.807, 2.05) is 22.9 Å². The third-order valence-electron chi connectivity index (χ3n) is 2.92. The maximum absolute atomic E-state index is 10.8. The van der Waals surface area contributed by atoms with Gasteiger partial charge in [-0.3, -0.25) is 4.57 Å². The van der Waals surface area contributed by atoms with Gasteiger partial charge < -0.3 is 9.30 Å². The molecule has 0 amide bonds. The smallest absolute Gasteiger partial charge is 0.193 e. The van der Waals surface area contributed by atoms with Crippen LogP contribution in [0.15, 0.2) is 24.5 Å². The molecule has 0 fully saturated rings. The van der Waals surface area contributed by atoms with Crippen LogP contribution in [0.3, 0.4) is 0 Å². The summed E-state index contributed by atoms with van der Waals surface area (Å²) < 4.78 is 18.5. The lowest BCUT2D eigenvalue weighted by Crippen LogP contribution is -2.22. The molecule has 2 heterocycles. The Morgan fingerprint density at radius 2 is 2.21 bits per heavy atom. The van der Waals surface area contributed by atoms with Crippen LogP contribution in [-0.2, 0) is 16.0 Å². The van der Waals surface area contributed by atoms with E-state index in [-0.39, 0.29) is 8.46 Å². The van der Waals surface area contributed by atoms with E-state index in [1.165, 1.54) is 6.04 Å². The third-order valence-corrected chi connectivity index (χ3v) is 5.08. The number of nitrogens with zero attached hydrogens (tertiary/aromatic N) is 2. The Kier molecular flexibility index (Phi) is 4.50. The van der Waals surface area contributed by atoms with Gasteiger partial charge in [0, 0.05) is 32.5 Å². The largest absolute Gasteiger partial charge is 0.361 e. The fourth-order valence-corrected chi connectivity index (χ4v) is 2.82. The minimum Gasteiger partial charge on any atom is -0.361 e. The average Bonchev–Trinajstić information content (AvgIpc) is 2.75. The summed E-state index contributed by atoms with van der Waals surface area (Å²) in [7, 11) is -1.02. The van der Waals surface area contributed by atoms with Gasteiger partial charge in [-0.1, -0.05) is 19.6 Å². The molecule has 0 aromatic carbocycles. The normalized spacial score (nSPS) is 12.4. The second-order valence-electron chi connectivity index (χ2n) is 5.83. The van der Waals surface area contributed by atoms with Gasteiger partial charge in [0.05, 0.1) is 5.30 Å². The van der Waals surface area contributed by atoms with Crippen molar-refractivity contribution in [2.24, 2.45) is 0 Å². The third kappa shape index (κ3) is 3.96. The van der Waals surface area contributed by atoms with Crippen molar-refractivity contribution < 1.29 is 9.30 Å². The van der Waals surface area contributed by atoms with Gasteiger partial charge in [0.1, 0.15) is 12.4 Å². The van der Waals surface area contributed by atoms with E-state index in [4.69, 9.17) is 4.74 Å². The number of aromatic nitrogens is 2. The van der Waals surface area contributed by atoms with Crippen LogP contribution in [0.4, 0.5) is 0 Å². The predicted octanol–water partition coefficient (Wildman–Crippen LogP) is 3.27. The van der Waals surface area contributed by atoms with Crippen LogP contribution in [0.25, 0.3) is 11.0 Å². The monoisotopic (exact) mass is 294 g/mol. The molecule has 0 atom stereocenters. The van der Waals surface area contributed by atoms with E-state index < -0.39 is 8.07 Å². The zero-order valence-corrected chi connectivity index (χ0v) is 13.5. The molecular formula is C13H19N2O2PSi. The lowest BCUT2D eigenvalue weighted by atomic mass is 10.3. The molecule has 2 aromatic heterocycles. The maximum Gasteiger partial charge on any atom is 0.193 e. The van der Waals surface area contributed by atoms with Crippen molar-refractivity contribution in [3.8, 4) is 0 Å². The molecule has 0 spiro atoms. The summed E-state index contributed by atoms with van der Waals surface area (Å²) in [4.78, 5) is 4.32. The Hall–Kier alpha value is -1.03. The van der Waals surface area contributed by atoms with Crippen LogP contribution in [0, 0.1) is 0 Å². The number of hydrogen-bond donors (Lipinski definition) is 0. The van der Waals surface area contributed by atoms with Crippen molar-refractivity contribution in [3.05, 3.63) is 24.5 Å². The number of hydrogen-bond acceptors (Lipinski definition) is 3. The topological polar surface area (TPSA) is 44.1 Å². The van der Waals surface area contributed by atoms with Crippen molar-refractivity contribution in [2.45, 2.75) is 32.4 Å². The average molecular weight is 294 g/mol. The quantitative estimate of drug-likeness (QED) is 0.466. The van der Waals surface area contributed by atoms with Crippen molar-refractivity contribution in [3.63, 3.8) is 0 Å². The van der Waals surface area contributed by atoms with Crippen LogP contribution in [-0.4, -0.2) is 24.2 Å². The fourth-order valence-electron chi connectivity index (χ4n) is 1.76. The fraction of sp³-hybridized carbons (Fsp3) is 0.462. The van der Waals surface area contributed by atoms with Crippen LogP contribution in [0.5, 0.6) is 0 Å². The zero-order valence-electron chi connectivity index (χ0n) is 11.6. The van der Waals surface area contributed by atoms with Gasteiger partial charge in [-0.25, -0.2) is 4.98 Å². The summed E-state index contributed by atoms with van der Waals surface area (Å²) in [5.41, 5.74) is 0.875. The van der Waals surface area contributed by atoms with Gasteiger partial charge in [0.25, 0.3) is 0 Å². The summed E-state index contributed by atoms with van der Waals surface area (Å²) in [6.07, 6.45) is 3.59. The standard InChI is InChI=1S/C13H19N2O2PSi/c1-19(2,3)7-6-17-10-15-5-4-11-8-12(18-16)9-14-13(11)15/h4-5,8-9H,6-7,10H2,1-3H3. The minimum atomic E-state index is -1.03. The second-order valence-corrected chi connectivity index (χ2v) is 12.2. The molecule has 0 aliphatic rings. The highest BCUT2D eigenvalue weighted by atomic mass is 31.1. The summed E-state index contributed by atoms with van der Waals surface area (Å²) in [6.45, 7) is 8.34. The Balaban J connectivity index is 2.00. The zero-order chi connectivity index (χ0) is 13.9. The molecule has 102 valence electrons. The number of rotatable bonds is 6. The highest BCUT2D eigenvalue weighted by Crippen LogP contribution is 2.14. The Morgan fingerprint density at radius 3 is 2.89 bits per heavy atom. The number of pyridine rings is 1. The van der Waals surface area contributed by atoms with Gasteiger partial charge in [-0.05, 0) is 18.2 Å². The van der Waals surface area contributed by atoms with Gasteiger partial charge >= 0.3 is 0 Å². The molecule has 0 N–H and O–H groups in total. The Labute approximate surface area is 116 Å². The first kappa shape index (κ1) is 14.4. The van der Waals surface area contributed by atoms with Gasteiger partial charge in [0.2, 0.25) is 0 Å². The van der Waals surface area contributed by atoms with Crippen molar-refractivity contribution >= 4 is 32.9 Å². The van der Waals surface area contributed by atoms with Crippen LogP contribution in [0.1, 0.15) is 0 Å².